The van der Waals surface area contributed by atoms with Crippen molar-refractivity contribution in [3.05, 3.63) is 48.0 Å². The van der Waals surface area contributed by atoms with Crippen LogP contribution in [-0.2, 0) is 6.54 Å². The van der Waals surface area contributed by atoms with Crippen molar-refractivity contribution in [2.24, 2.45) is 0 Å². The molecule has 1 amide bonds. The van der Waals surface area contributed by atoms with Crippen molar-refractivity contribution < 1.29 is 18.3 Å². The molecular formula is C20H25F2N3O2. The second-order valence-corrected chi connectivity index (χ2v) is 6.83. The van der Waals surface area contributed by atoms with E-state index in [0.29, 0.717) is 18.7 Å². The van der Waals surface area contributed by atoms with Crippen molar-refractivity contribution in [1.29, 1.82) is 0 Å². The van der Waals surface area contributed by atoms with Crippen molar-refractivity contribution in [3.8, 4) is 5.75 Å². The quantitative estimate of drug-likeness (QED) is 0.723. The lowest BCUT2D eigenvalue weighted by Gasteiger charge is -2.33. The summed E-state index contributed by atoms with van der Waals surface area (Å²) in [6, 6.07) is 5.87. The highest BCUT2D eigenvalue weighted by atomic mass is 19.3. The van der Waals surface area contributed by atoms with Gasteiger partial charge in [0.05, 0.1) is 0 Å². The minimum Gasteiger partial charge on any atom is -0.435 e. The molecule has 1 atom stereocenters. The first kappa shape index (κ1) is 19.3. The number of likely N-dealkylation sites (tertiary alicyclic amines) is 1. The molecule has 0 radical (unpaired) electrons. The van der Waals surface area contributed by atoms with Gasteiger partial charge in [0.2, 0.25) is 0 Å². The van der Waals surface area contributed by atoms with E-state index >= 15 is 0 Å². The Morgan fingerprint density at radius 1 is 1.33 bits per heavy atom. The number of rotatable bonds is 7. The molecule has 7 heteroatoms. The molecule has 27 heavy (non-hydrogen) atoms. The number of imidazole rings is 1. The standard InChI is InChI=1S/C20H25F2N3O2/c1-2-3-11-24-13-10-23-18(24)16-5-4-12-25(14-16)19(26)15-6-8-17(9-7-15)27-20(21)22/h6-10,13,16,20H,2-5,11-12,14H2,1H3. The zero-order chi connectivity index (χ0) is 19.2. The first-order valence-corrected chi connectivity index (χ1v) is 9.43. The van der Waals surface area contributed by atoms with Crippen LogP contribution in [0.3, 0.4) is 0 Å². The Morgan fingerprint density at radius 3 is 2.81 bits per heavy atom. The number of ether oxygens (including phenoxy) is 1. The Kier molecular flexibility index (Phi) is 6.42. The Balaban J connectivity index is 1.67. The summed E-state index contributed by atoms with van der Waals surface area (Å²) in [5, 5.41) is 0. The lowest BCUT2D eigenvalue weighted by Crippen LogP contribution is -2.39. The van der Waals surface area contributed by atoms with Crippen LogP contribution in [0.15, 0.2) is 36.7 Å². The molecule has 5 nitrogen and oxygen atoms in total. The summed E-state index contributed by atoms with van der Waals surface area (Å²) >= 11 is 0. The van der Waals surface area contributed by atoms with E-state index in [0.717, 1.165) is 38.1 Å². The van der Waals surface area contributed by atoms with Crippen LogP contribution in [0.25, 0.3) is 0 Å². The van der Waals surface area contributed by atoms with Gasteiger partial charge in [0.1, 0.15) is 11.6 Å². The van der Waals surface area contributed by atoms with E-state index in [1.165, 1.54) is 24.3 Å². The molecule has 1 saturated heterocycles. The van der Waals surface area contributed by atoms with Gasteiger partial charge in [-0.3, -0.25) is 4.79 Å². The molecule has 0 N–H and O–H groups in total. The zero-order valence-corrected chi connectivity index (χ0v) is 15.5. The topological polar surface area (TPSA) is 47.4 Å². The van der Waals surface area contributed by atoms with E-state index in [1.807, 2.05) is 17.3 Å². The van der Waals surface area contributed by atoms with Gasteiger partial charge in [-0.25, -0.2) is 4.98 Å². The Bertz CT molecular complexity index is 746. The monoisotopic (exact) mass is 377 g/mol. The summed E-state index contributed by atoms with van der Waals surface area (Å²) in [5.41, 5.74) is 0.478. The van der Waals surface area contributed by atoms with Crippen LogP contribution in [0.4, 0.5) is 8.78 Å². The number of alkyl halides is 2. The van der Waals surface area contributed by atoms with Crippen molar-refractivity contribution in [2.75, 3.05) is 13.1 Å². The van der Waals surface area contributed by atoms with Crippen LogP contribution in [0.2, 0.25) is 0 Å². The van der Waals surface area contributed by atoms with Gasteiger partial charge >= 0.3 is 6.61 Å². The Morgan fingerprint density at radius 2 is 2.11 bits per heavy atom. The third kappa shape index (κ3) is 4.84. The van der Waals surface area contributed by atoms with Crippen LogP contribution in [0.1, 0.15) is 54.7 Å². The first-order valence-electron chi connectivity index (χ1n) is 9.43. The molecule has 1 unspecified atom stereocenters. The van der Waals surface area contributed by atoms with Crippen molar-refractivity contribution in [3.63, 3.8) is 0 Å². The van der Waals surface area contributed by atoms with Gasteiger partial charge in [0, 0.05) is 43.5 Å². The SMILES string of the molecule is CCCCn1ccnc1C1CCCN(C(=O)c2ccc(OC(F)F)cc2)C1. The molecule has 1 aromatic carbocycles. The Hall–Kier alpha value is -2.44. The summed E-state index contributed by atoms with van der Waals surface area (Å²) in [6.45, 7) is 1.56. The van der Waals surface area contributed by atoms with Crippen molar-refractivity contribution in [2.45, 2.75) is 51.7 Å². The fourth-order valence-electron chi connectivity index (χ4n) is 3.53. The molecular weight excluding hydrogens is 352 g/mol. The number of halogens is 2. The molecule has 0 saturated carbocycles. The molecule has 2 aromatic rings. The van der Waals surface area contributed by atoms with Crippen LogP contribution < -0.4 is 4.74 Å². The smallest absolute Gasteiger partial charge is 0.387 e. The summed E-state index contributed by atoms with van der Waals surface area (Å²) in [5.74, 6) is 1.23. The summed E-state index contributed by atoms with van der Waals surface area (Å²) in [7, 11) is 0. The van der Waals surface area contributed by atoms with Crippen LogP contribution in [-0.4, -0.2) is 40.1 Å². The molecule has 1 aromatic heterocycles. The molecule has 146 valence electrons. The molecule has 1 aliphatic heterocycles. The maximum atomic E-state index is 12.8. The lowest BCUT2D eigenvalue weighted by molar-refractivity contribution is -0.0498. The molecule has 1 fully saturated rings. The van der Waals surface area contributed by atoms with E-state index in [4.69, 9.17) is 0 Å². The van der Waals surface area contributed by atoms with E-state index in [1.54, 1.807) is 0 Å². The maximum Gasteiger partial charge on any atom is 0.387 e. The van der Waals surface area contributed by atoms with Gasteiger partial charge in [-0.15, -0.1) is 0 Å². The largest absolute Gasteiger partial charge is 0.435 e. The number of aromatic nitrogens is 2. The molecule has 2 heterocycles. The van der Waals surface area contributed by atoms with Crippen LogP contribution in [0.5, 0.6) is 5.75 Å². The summed E-state index contributed by atoms with van der Waals surface area (Å²) in [6.07, 6.45) is 7.99. The number of carbonyl (C=O) groups is 1. The number of carbonyl (C=O) groups excluding carboxylic acids is 1. The van der Waals surface area contributed by atoms with Gasteiger partial charge < -0.3 is 14.2 Å². The van der Waals surface area contributed by atoms with Crippen molar-refractivity contribution in [1.82, 2.24) is 14.5 Å². The fourth-order valence-corrected chi connectivity index (χ4v) is 3.53. The van der Waals surface area contributed by atoms with Gasteiger partial charge in [-0.1, -0.05) is 13.3 Å². The molecule has 1 aliphatic rings. The molecule has 3 rings (SSSR count). The minimum absolute atomic E-state index is 0.0519. The predicted octanol–water partition coefficient (Wildman–Crippen LogP) is 4.30. The number of unbranched alkanes of at least 4 members (excludes halogenated alkanes) is 1. The highest BCUT2D eigenvalue weighted by Crippen LogP contribution is 2.27. The predicted molar refractivity (Wildman–Crippen MR) is 98.1 cm³/mol. The number of benzene rings is 1. The first-order chi connectivity index (χ1) is 13.1. The number of piperidine rings is 1. The maximum absolute atomic E-state index is 12.8. The Labute approximate surface area is 158 Å². The fraction of sp³-hybridized carbons (Fsp3) is 0.500. The van der Waals surface area contributed by atoms with Gasteiger partial charge in [-0.05, 0) is 43.5 Å². The molecule has 0 aliphatic carbocycles. The van der Waals surface area contributed by atoms with Crippen molar-refractivity contribution >= 4 is 5.91 Å². The number of hydrogen-bond donors (Lipinski definition) is 0. The average molecular weight is 377 g/mol. The van der Waals surface area contributed by atoms with E-state index in [-0.39, 0.29) is 17.6 Å². The van der Waals surface area contributed by atoms with Crippen LogP contribution >= 0.6 is 0 Å². The lowest BCUT2D eigenvalue weighted by atomic mass is 9.96. The second-order valence-electron chi connectivity index (χ2n) is 6.83. The number of amides is 1. The minimum atomic E-state index is -2.87. The summed E-state index contributed by atoms with van der Waals surface area (Å²) in [4.78, 5) is 19.2. The normalized spacial score (nSPS) is 17.3. The number of hydrogen-bond acceptors (Lipinski definition) is 3. The summed E-state index contributed by atoms with van der Waals surface area (Å²) < 4.78 is 31.0. The number of nitrogens with zero attached hydrogens (tertiary/aromatic N) is 3. The van der Waals surface area contributed by atoms with Gasteiger partial charge in [0.15, 0.2) is 0 Å². The van der Waals surface area contributed by atoms with Crippen LogP contribution in [0, 0.1) is 0 Å². The third-order valence-corrected chi connectivity index (χ3v) is 4.90. The van der Waals surface area contributed by atoms with E-state index in [9.17, 15) is 13.6 Å². The van der Waals surface area contributed by atoms with Gasteiger partial charge in [0.25, 0.3) is 5.91 Å². The zero-order valence-electron chi connectivity index (χ0n) is 15.5. The van der Waals surface area contributed by atoms with E-state index in [2.05, 4.69) is 21.2 Å². The highest BCUT2D eigenvalue weighted by Gasteiger charge is 2.28. The third-order valence-electron chi connectivity index (χ3n) is 4.90. The molecule has 0 spiro atoms. The highest BCUT2D eigenvalue weighted by molar-refractivity contribution is 5.94. The average Bonchev–Trinajstić information content (AvgIpc) is 3.14. The second kappa shape index (κ2) is 8.97. The molecule has 0 bridgehead atoms. The van der Waals surface area contributed by atoms with E-state index < -0.39 is 6.61 Å². The number of aryl methyl sites for hydroxylation is 1. The van der Waals surface area contributed by atoms with Gasteiger partial charge in [-0.2, -0.15) is 8.78 Å².